The van der Waals surface area contributed by atoms with Crippen LogP contribution >= 0.6 is 0 Å². The lowest BCUT2D eigenvalue weighted by atomic mass is 10.1. The number of hydrogen-bond donors (Lipinski definition) is 0. The van der Waals surface area contributed by atoms with E-state index in [1.165, 1.54) is 12.3 Å². The number of carbonyl (C=O) groups excluding carboxylic acids is 2. The Morgan fingerprint density at radius 3 is 2.41 bits per heavy atom. The third-order valence-corrected chi connectivity index (χ3v) is 5.42. The lowest BCUT2D eigenvalue weighted by Crippen LogP contribution is -2.57. The van der Waals surface area contributed by atoms with Crippen LogP contribution in [0.5, 0.6) is 5.75 Å². The number of amides is 2. The second kappa shape index (κ2) is 8.03. The average Bonchev–Trinajstić information content (AvgIpc) is 3.00. The zero-order valence-electron chi connectivity index (χ0n) is 16.0. The lowest BCUT2D eigenvalue weighted by Gasteiger charge is -2.41. The van der Waals surface area contributed by atoms with Crippen molar-refractivity contribution in [1.29, 1.82) is 0 Å². The first kappa shape index (κ1) is 19.1. The van der Waals surface area contributed by atoms with Crippen molar-refractivity contribution < 1.29 is 18.7 Å². The first-order valence-electron chi connectivity index (χ1n) is 9.63. The second-order valence-corrected chi connectivity index (χ2v) is 7.32. The van der Waals surface area contributed by atoms with Crippen LogP contribution in [0.4, 0.5) is 4.39 Å². The van der Waals surface area contributed by atoms with Crippen molar-refractivity contribution in [2.75, 3.05) is 19.7 Å². The molecule has 2 aromatic rings. The minimum atomic E-state index is -0.530. The number of fused-ring (bicyclic) bond motifs is 2. The zero-order chi connectivity index (χ0) is 20.4. The van der Waals surface area contributed by atoms with Crippen molar-refractivity contribution in [2.45, 2.75) is 24.9 Å². The quantitative estimate of drug-likeness (QED) is 0.731. The average molecular weight is 395 g/mol. The summed E-state index contributed by atoms with van der Waals surface area (Å²) in [5.41, 5.74) is 0.834. The molecule has 0 saturated carbocycles. The monoisotopic (exact) mass is 395 g/mol. The molecular formula is C22H22FN3O3. The standard InChI is InChI=1S/C22H22FN3O3/c1-2-9-29-20-7-3-15(4-8-20)21(27)25-13-18-5-6-19(14-25)26(18)22(28)16-10-17(23)12-24-11-16/h2-4,7-8,10-12,18-19H,1,5-6,9,13-14H2. The predicted molar refractivity (Wildman–Crippen MR) is 105 cm³/mol. The first-order valence-corrected chi connectivity index (χ1v) is 9.63. The van der Waals surface area contributed by atoms with E-state index in [1.54, 1.807) is 40.1 Å². The number of benzene rings is 1. The van der Waals surface area contributed by atoms with Crippen LogP contribution in [0.25, 0.3) is 0 Å². The largest absolute Gasteiger partial charge is 0.490 e. The maximum Gasteiger partial charge on any atom is 0.256 e. The minimum Gasteiger partial charge on any atom is -0.490 e. The van der Waals surface area contributed by atoms with E-state index < -0.39 is 5.82 Å². The molecule has 2 amide bonds. The molecule has 6 nitrogen and oxygen atoms in total. The van der Waals surface area contributed by atoms with Crippen molar-refractivity contribution in [1.82, 2.24) is 14.8 Å². The number of halogens is 1. The molecule has 0 N–H and O–H groups in total. The molecule has 0 spiro atoms. The van der Waals surface area contributed by atoms with E-state index in [2.05, 4.69) is 11.6 Å². The van der Waals surface area contributed by atoms with E-state index >= 15 is 0 Å². The van der Waals surface area contributed by atoms with Gasteiger partial charge in [-0.3, -0.25) is 14.6 Å². The molecule has 2 unspecified atom stereocenters. The van der Waals surface area contributed by atoms with Crippen LogP contribution in [0.2, 0.25) is 0 Å². The highest BCUT2D eigenvalue weighted by molar-refractivity contribution is 5.96. The zero-order valence-corrected chi connectivity index (χ0v) is 16.0. The molecule has 2 fully saturated rings. The Kier molecular flexibility index (Phi) is 5.29. The van der Waals surface area contributed by atoms with Crippen LogP contribution in [-0.2, 0) is 0 Å². The summed E-state index contributed by atoms with van der Waals surface area (Å²) in [6, 6.07) is 8.11. The molecule has 2 atom stereocenters. The van der Waals surface area contributed by atoms with Crippen LogP contribution in [0.3, 0.4) is 0 Å². The molecule has 150 valence electrons. The summed E-state index contributed by atoms with van der Waals surface area (Å²) >= 11 is 0. The Morgan fingerprint density at radius 1 is 1.10 bits per heavy atom. The van der Waals surface area contributed by atoms with E-state index in [9.17, 15) is 14.0 Å². The van der Waals surface area contributed by atoms with Gasteiger partial charge in [-0.2, -0.15) is 0 Å². The van der Waals surface area contributed by atoms with Gasteiger partial charge in [0.15, 0.2) is 0 Å². The van der Waals surface area contributed by atoms with E-state index in [0.717, 1.165) is 19.0 Å². The Morgan fingerprint density at radius 2 is 1.79 bits per heavy atom. The summed E-state index contributed by atoms with van der Waals surface area (Å²) < 4.78 is 18.9. The van der Waals surface area contributed by atoms with Crippen LogP contribution in [0.1, 0.15) is 33.6 Å². The number of likely N-dealkylation sites (tertiary alicyclic amines) is 1. The molecule has 1 aromatic heterocycles. The molecule has 2 aliphatic rings. The Hall–Kier alpha value is -3.22. The fourth-order valence-electron chi connectivity index (χ4n) is 4.11. The van der Waals surface area contributed by atoms with Crippen molar-refractivity contribution in [3.8, 4) is 5.75 Å². The predicted octanol–water partition coefficient (Wildman–Crippen LogP) is 2.91. The van der Waals surface area contributed by atoms with Crippen molar-refractivity contribution in [3.63, 3.8) is 0 Å². The van der Waals surface area contributed by atoms with E-state index in [1.807, 2.05) is 0 Å². The third kappa shape index (κ3) is 3.85. The molecular weight excluding hydrogens is 373 g/mol. The van der Waals surface area contributed by atoms with Gasteiger partial charge in [0.2, 0.25) is 0 Å². The molecule has 1 aromatic carbocycles. The summed E-state index contributed by atoms with van der Waals surface area (Å²) in [6.45, 7) is 4.96. The number of rotatable bonds is 5. The highest BCUT2D eigenvalue weighted by Crippen LogP contribution is 2.32. The van der Waals surface area contributed by atoms with Gasteiger partial charge in [-0.1, -0.05) is 12.7 Å². The molecule has 7 heteroatoms. The lowest BCUT2D eigenvalue weighted by molar-refractivity contribution is 0.0359. The summed E-state index contributed by atoms with van der Waals surface area (Å²) in [5.74, 6) is -0.129. The third-order valence-electron chi connectivity index (χ3n) is 5.42. The molecule has 0 radical (unpaired) electrons. The van der Waals surface area contributed by atoms with Gasteiger partial charge in [-0.05, 0) is 43.2 Å². The molecule has 4 rings (SSSR count). The number of piperazine rings is 1. The maximum atomic E-state index is 13.5. The van der Waals surface area contributed by atoms with Gasteiger partial charge in [0.05, 0.1) is 23.8 Å². The van der Waals surface area contributed by atoms with Crippen LogP contribution in [-0.4, -0.2) is 58.4 Å². The molecule has 2 saturated heterocycles. The van der Waals surface area contributed by atoms with Crippen LogP contribution in [0.15, 0.2) is 55.4 Å². The Labute approximate surface area is 168 Å². The SMILES string of the molecule is C=CCOc1ccc(C(=O)N2CC3CCC(C2)N3C(=O)c2cncc(F)c2)cc1. The summed E-state index contributed by atoms with van der Waals surface area (Å²) in [7, 11) is 0. The van der Waals surface area contributed by atoms with Crippen LogP contribution in [0, 0.1) is 5.82 Å². The summed E-state index contributed by atoms with van der Waals surface area (Å²) in [4.78, 5) is 33.2. The maximum absolute atomic E-state index is 13.5. The van der Waals surface area contributed by atoms with E-state index in [-0.39, 0.29) is 29.5 Å². The molecule has 3 heterocycles. The van der Waals surface area contributed by atoms with Gasteiger partial charge < -0.3 is 14.5 Å². The fraction of sp³-hybridized carbons (Fsp3) is 0.318. The number of ether oxygens (including phenoxy) is 1. The normalized spacial score (nSPS) is 20.4. The van der Waals surface area contributed by atoms with Gasteiger partial charge in [0.25, 0.3) is 11.8 Å². The van der Waals surface area contributed by atoms with E-state index in [0.29, 0.717) is 31.0 Å². The second-order valence-electron chi connectivity index (χ2n) is 7.32. The van der Waals surface area contributed by atoms with Gasteiger partial charge in [0, 0.05) is 24.8 Å². The number of hydrogen-bond acceptors (Lipinski definition) is 4. The van der Waals surface area contributed by atoms with Gasteiger partial charge in [-0.25, -0.2) is 4.39 Å². The van der Waals surface area contributed by atoms with Crippen molar-refractivity contribution >= 4 is 11.8 Å². The molecule has 0 aliphatic carbocycles. The minimum absolute atomic E-state index is 0.0586. The van der Waals surface area contributed by atoms with Crippen molar-refractivity contribution in [2.24, 2.45) is 0 Å². The number of aromatic nitrogens is 1. The van der Waals surface area contributed by atoms with Gasteiger partial charge in [-0.15, -0.1) is 0 Å². The fourth-order valence-corrected chi connectivity index (χ4v) is 4.11. The van der Waals surface area contributed by atoms with Crippen LogP contribution < -0.4 is 4.74 Å². The topological polar surface area (TPSA) is 62.7 Å². The molecule has 29 heavy (non-hydrogen) atoms. The molecule has 2 bridgehead atoms. The first-order chi connectivity index (χ1) is 14.1. The number of nitrogens with zero attached hydrogens (tertiary/aromatic N) is 3. The number of carbonyl (C=O) groups is 2. The van der Waals surface area contributed by atoms with Gasteiger partial charge in [0.1, 0.15) is 18.2 Å². The summed E-state index contributed by atoms with van der Waals surface area (Å²) in [5, 5.41) is 0. The number of pyridine rings is 1. The Balaban J connectivity index is 1.45. The van der Waals surface area contributed by atoms with E-state index in [4.69, 9.17) is 4.74 Å². The smallest absolute Gasteiger partial charge is 0.256 e. The highest BCUT2D eigenvalue weighted by atomic mass is 19.1. The van der Waals surface area contributed by atoms with Crippen molar-refractivity contribution in [3.05, 3.63) is 72.3 Å². The summed E-state index contributed by atoms with van der Waals surface area (Å²) in [6.07, 6.45) is 5.79. The highest BCUT2D eigenvalue weighted by Gasteiger charge is 2.44. The molecule has 2 aliphatic heterocycles. The van der Waals surface area contributed by atoms with Gasteiger partial charge >= 0.3 is 0 Å². The Bertz CT molecular complexity index is 917.